The Balaban J connectivity index is 1.66. The lowest BCUT2D eigenvalue weighted by Crippen LogP contribution is -2.41. The first-order chi connectivity index (χ1) is 12.3. The molecule has 6 nitrogen and oxygen atoms in total. The number of fused-ring (bicyclic) bond motifs is 2. The largest absolute Gasteiger partial charge is 0.449 e. The van der Waals surface area contributed by atoms with Crippen LogP contribution in [0.2, 0.25) is 5.02 Å². The van der Waals surface area contributed by atoms with E-state index in [-0.39, 0.29) is 18.9 Å². The molecule has 1 amide bonds. The van der Waals surface area contributed by atoms with Gasteiger partial charge in [0.1, 0.15) is 5.52 Å². The first kappa shape index (κ1) is 16.9. The second-order valence-electron chi connectivity index (χ2n) is 6.20. The minimum atomic E-state index is -4.53. The Morgan fingerprint density at radius 1 is 1.38 bits per heavy atom. The molecule has 0 unspecified atom stereocenters. The van der Waals surface area contributed by atoms with Crippen molar-refractivity contribution in [3.05, 3.63) is 46.8 Å². The Bertz CT molecular complexity index is 1010. The average Bonchev–Trinajstić information content (AvgIpc) is 3.18. The second kappa shape index (κ2) is 5.73. The molecule has 3 aromatic rings. The van der Waals surface area contributed by atoms with E-state index in [0.29, 0.717) is 21.7 Å². The summed E-state index contributed by atoms with van der Waals surface area (Å²) in [5.41, 5.74) is 1.43. The number of aromatic nitrogens is 4. The number of nitrogens with one attached hydrogen (secondary N) is 1. The first-order valence-electron chi connectivity index (χ1n) is 7.82. The molecule has 1 aliphatic rings. The molecular formula is C16H13ClF3N5O. The van der Waals surface area contributed by atoms with Crippen LogP contribution < -0.4 is 0 Å². The van der Waals surface area contributed by atoms with Crippen molar-refractivity contribution in [3.63, 3.8) is 0 Å². The van der Waals surface area contributed by atoms with E-state index in [4.69, 9.17) is 11.6 Å². The molecule has 1 atom stereocenters. The summed E-state index contributed by atoms with van der Waals surface area (Å²) in [5.74, 6) is -1.24. The van der Waals surface area contributed by atoms with Crippen LogP contribution in [0.25, 0.3) is 11.0 Å². The smallest absolute Gasteiger partial charge is 0.334 e. The molecule has 1 aromatic carbocycles. The van der Waals surface area contributed by atoms with E-state index in [0.717, 1.165) is 10.8 Å². The van der Waals surface area contributed by atoms with Gasteiger partial charge in [-0.3, -0.25) is 4.79 Å². The third-order valence-electron chi connectivity index (χ3n) is 4.36. The number of hydrogen-bond acceptors (Lipinski definition) is 3. The summed E-state index contributed by atoms with van der Waals surface area (Å²) in [7, 11) is 0. The van der Waals surface area contributed by atoms with Gasteiger partial charge in [0.2, 0.25) is 5.82 Å². The van der Waals surface area contributed by atoms with Crippen LogP contribution in [0.3, 0.4) is 0 Å². The monoisotopic (exact) mass is 383 g/mol. The van der Waals surface area contributed by atoms with Crippen molar-refractivity contribution in [1.82, 2.24) is 24.4 Å². The Hall–Kier alpha value is -2.55. The van der Waals surface area contributed by atoms with E-state index in [1.165, 1.54) is 4.90 Å². The topological polar surface area (TPSA) is 66.8 Å². The zero-order valence-electron chi connectivity index (χ0n) is 13.5. The molecule has 0 saturated carbocycles. The molecule has 4 rings (SSSR count). The number of nitrogens with zero attached hydrogens (tertiary/aromatic N) is 4. The predicted octanol–water partition coefficient (Wildman–Crippen LogP) is 3.65. The SMILES string of the molecule is C[C@@H]1CN(C(=O)c2nc3c(Cl)cccc3[nH]2)Cc2cnc(C(F)(F)F)n21. The van der Waals surface area contributed by atoms with E-state index in [9.17, 15) is 18.0 Å². The molecule has 1 aliphatic heterocycles. The fraction of sp³-hybridized carbons (Fsp3) is 0.312. The highest BCUT2D eigenvalue weighted by Crippen LogP contribution is 2.34. The standard InChI is InChI=1S/C16H13ClF3N5O/c1-8-6-24(7-9-5-21-15(25(8)9)16(18,19)20)14(26)13-22-11-4-2-3-10(17)12(11)23-13/h2-5,8H,6-7H2,1H3,(H,22,23)/t8-/m1/s1. The average molecular weight is 384 g/mol. The number of alkyl halides is 3. The van der Waals surface area contributed by atoms with Gasteiger partial charge in [-0.2, -0.15) is 13.2 Å². The molecule has 0 bridgehead atoms. The lowest BCUT2D eigenvalue weighted by Gasteiger charge is -2.33. The number of carbonyl (C=O) groups excluding carboxylic acids is 1. The highest BCUT2D eigenvalue weighted by Gasteiger charge is 2.40. The highest BCUT2D eigenvalue weighted by atomic mass is 35.5. The maximum atomic E-state index is 13.1. The van der Waals surface area contributed by atoms with Crippen molar-refractivity contribution in [1.29, 1.82) is 0 Å². The van der Waals surface area contributed by atoms with Crippen LogP contribution in [-0.4, -0.2) is 36.9 Å². The Kier molecular flexibility index (Phi) is 3.72. The zero-order chi connectivity index (χ0) is 18.6. The van der Waals surface area contributed by atoms with Gasteiger partial charge >= 0.3 is 6.18 Å². The number of hydrogen-bond donors (Lipinski definition) is 1. The van der Waals surface area contributed by atoms with E-state index in [2.05, 4.69) is 15.0 Å². The number of carbonyl (C=O) groups is 1. The van der Waals surface area contributed by atoms with Gasteiger partial charge < -0.3 is 14.5 Å². The fourth-order valence-electron chi connectivity index (χ4n) is 3.28. The normalized spacial score (nSPS) is 17.6. The summed E-state index contributed by atoms with van der Waals surface area (Å²) in [6.07, 6.45) is -3.37. The maximum absolute atomic E-state index is 13.1. The van der Waals surface area contributed by atoms with Gasteiger partial charge in [-0.15, -0.1) is 0 Å². The summed E-state index contributed by atoms with van der Waals surface area (Å²) in [6.45, 7) is 1.77. The second-order valence-corrected chi connectivity index (χ2v) is 6.60. The number of benzene rings is 1. The summed E-state index contributed by atoms with van der Waals surface area (Å²) in [5, 5.41) is 0.415. The number of H-pyrrole nitrogens is 1. The molecule has 0 aliphatic carbocycles. The van der Waals surface area contributed by atoms with E-state index < -0.39 is 23.9 Å². The molecule has 26 heavy (non-hydrogen) atoms. The molecule has 0 saturated heterocycles. The molecule has 0 radical (unpaired) electrons. The molecule has 0 fully saturated rings. The first-order valence-corrected chi connectivity index (χ1v) is 8.20. The molecule has 10 heteroatoms. The summed E-state index contributed by atoms with van der Waals surface area (Å²) in [6, 6.07) is 4.58. The molecule has 136 valence electrons. The minimum absolute atomic E-state index is 0.0248. The van der Waals surface area contributed by atoms with Gasteiger partial charge in [0.25, 0.3) is 5.91 Å². The molecule has 0 spiro atoms. The van der Waals surface area contributed by atoms with Gasteiger partial charge in [0, 0.05) is 6.54 Å². The number of amides is 1. The zero-order valence-corrected chi connectivity index (χ0v) is 14.3. The molecule has 3 heterocycles. The van der Waals surface area contributed by atoms with E-state index in [1.807, 2.05) is 0 Å². The number of rotatable bonds is 1. The predicted molar refractivity (Wildman–Crippen MR) is 87.8 cm³/mol. The number of para-hydroxylation sites is 1. The Labute approximate surface area is 150 Å². The van der Waals surface area contributed by atoms with Crippen molar-refractivity contribution >= 4 is 28.5 Å². The van der Waals surface area contributed by atoms with Crippen LogP contribution in [-0.2, 0) is 12.7 Å². The number of imidazole rings is 2. The molecule has 2 aromatic heterocycles. The van der Waals surface area contributed by atoms with Crippen LogP contribution >= 0.6 is 11.6 Å². The molecular weight excluding hydrogens is 371 g/mol. The van der Waals surface area contributed by atoms with Crippen molar-refractivity contribution in [2.75, 3.05) is 6.54 Å². The summed E-state index contributed by atoms with van der Waals surface area (Å²) >= 11 is 6.07. The van der Waals surface area contributed by atoms with Crippen molar-refractivity contribution in [2.45, 2.75) is 25.7 Å². The quantitative estimate of drug-likeness (QED) is 0.697. The van der Waals surface area contributed by atoms with Gasteiger partial charge in [0.05, 0.1) is 35.0 Å². The Morgan fingerprint density at radius 2 is 2.15 bits per heavy atom. The minimum Gasteiger partial charge on any atom is -0.334 e. The third kappa shape index (κ3) is 2.63. The highest BCUT2D eigenvalue weighted by molar-refractivity contribution is 6.35. The van der Waals surface area contributed by atoms with Crippen molar-refractivity contribution in [3.8, 4) is 0 Å². The lowest BCUT2D eigenvalue weighted by molar-refractivity contribution is -0.148. The fourth-order valence-corrected chi connectivity index (χ4v) is 3.50. The van der Waals surface area contributed by atoms with Gasteiger partial charge in [-0.1, -0.05) is 17.7 Å². The maximum Gasteiger partial charge on any atom is 0.449 e. The number of halogens is 4. The number of aromatic amines is 1. The summed E-state index contributed by atoms with van der Waals surface area (Å²) < 4.78 is 40.3. The van der Waals surface area contributed by atoms with Crippen LogP contribution in [0, 0.1) is 0 Å². The molecule has 1 N–H and O–H groups in total. The van der Waals surface area contributed by atoms with Crippen LogP contribution in [0.1, 0.15) is 35.1 Å². The van der Waals surface area contributed by atoms with Crippen LogP contribution in [0.4, 0.5) is 13.2 Å². The van der Waals surface area contributed by atoms with Gasteiger partial charge in [-0.25, -0.2) is 9.97 Å². The van der Waals surface area contributed by atoms with E-state index >= 15 is 0 Å². The third-order valence-corrected chi connectivity index (χ3v) is 4.66. The summed E-state index contributed by atoms with van der Waals surface area (Å²) in [4.78, 5) is 24.9. The lowest BCUT2D eigenvalue weighted by atomic mass is 10.2. The Morgan fingerprint density at radius 3 is 2.85 bits per heavy atom. The van der Waals surface area contributed by atoms with Crippen molar-refractivity contribution < 1.29 is 18.0 Å². The van der Waals surface area contributed by atoms with Crippen LogP contribution in [0.5, 0.6) is 0 Å². The van der Waals surface area contributed by atoms with Crippen molar-refractivity contribution in [2.24, 2.45) is 0 Å². The van der Waals surface area contributed by atoms with Crippen LogP contribution in [0.15, 0.2) is 24.4 Å². The van der Waals surface area contributed by atoms with Gasteiger partial charge in [0.15, 0.2) is 5.82 Å². The van der Waals surface area contributed by atoms with E-state index in [1.54, 1.807) is 25.1 Å². The van der Waals surface area contributed by atoms with Gasteiger partial charge in [-0.05, 0) is 19.1 Å².